The average molecular weight is 279 g/mol. The molecule has 0 saturated carbocycles. The summed E-state index contributed by atoms with van der Waals surface area (Å²) >= 11 is 0. The zero-order chi connectivity index (χ0) is 14.8. The summed E-state index contributed by atoms with van der Waals surface area (Å²) in [5.41, 5.74) is 5.89. The van der Waals surface area contributed by atoms with Gasteiger partial charge in [-0.25, -0.2) is 0 Å². The molecule has 0 fully saturated rings. The Morgan fingerprint density at radius 1 is 1.05 bits per heavy atom. The van der Waals surface area contributed by atoms with E-state index in [4.69, 9.17) is 0 Å². The highest BCUT2D eigenvalue weighted by Crippen LogP contribution is 2.43. The lowest BCUT2D eigenvalue weighted by Gasteiger charge is -2.37. The normalized spacial score (nSPS) is 19.5. The lowest BCUT2D eigenvalue weighted by molar-refractivity contribution is 0.439. The molecular formula is C20H25N. The Morgan fingerprint density at radius 3 is 2.33 bits per heavy atom. The molecule has 1 N–H and O–H groups in total. The highest BCUT2D eigenvalue weighted by atomic mass is 14.9. The van der Waals surface area contributed by atoms with Gasteiger partial charge in [-0.05, 0) is 48.1 Å². The van der Waals surface area contributed by atoms with Crippen LogP contribution >= 0.6 is 0 Å². The zero-order valence-electron chi connectivity index (χ0n) is 13.3. The first-order valence-corrected chi connectivity index (χ1v) is 8.09. The van der Waals surface area contributed by atoms with Crippen LogP contribution in [0.5, 0.6) is 0 Å². The van der Waals surface area contributed by atoms with E-state index in [-0.39, 0.29) is 0 Å². The first kappa shape index (κ1) is 14.3. The molecule has 1 aliphatic carbocycles. The molecule has 1 nitrogen and oxygen atoms in total. The van der Waals surface area contributed by atoms with Gasteiger partial charge in [0.1, 0.15) is 0 Å². The van der Waals surface area contributed by atoms with E-state index >= 15 is 0 Å². The maximum atomic E-state index is 3.52. The number of hydrogen-bond donors (Lipinski definition) is 1. The van der Waals surface area contributed by atoms with Crippen molar-refractivity contribution in [1.82, 2.24) is 5.32 Å². The van der Waals surface area contributed by atoms with E-state index in [1.807, 2.05) is 0 Å². The quantitative estimate of drug-likeness (QED) is 0.829. The molecule has 1 aliphatic rings. The van der Waals surface area contributed by atoms with Gasteiger partial charge in [0.15, 0.2) is 0 Å². The lowest BCUT2D eigenvalue weighted by atomic mass is 9.71. The van der Waals surface area contributed by atoms with Gasteiger partial charge < -0.3 is 5.32 Å². The number of benzene rings is 2. The molecule has 0 saturated heterocycles. The summed E-state index contributed by atoms with van der Waals surface area (Å²) in [6.07, 6.45) is 2.39. The third kappa shape index (κ3) is 2.63. The summed E-state index contributed by atoms with van der Waals surface area (Å²) < 4.78 is 0. The van der Waals surface area contributed by atoms with E-state index in [0.717, 1.165) is 0 Å². The van der Waals surface area contributed by atoms with Crippen molar-refractivity contribution in [3.63, 3.8) is 0 Å². The monoisotopic (exact) mass is 279 g/mol. The van der Waals surface area contributed by atoms with Crippen molar-refractivity contribution in [3.8, 4) is 0 Å². The largest absolute Gasteiger partial charge is 0.312 e. The Balaban J connectivity index is 1.82. The predicted octanol–water partition coefficient (Wildman–Crippen LogP) is 4.80. The Morgan fingerprint density at radius 2 is 1.71 bits per heavy atom. The Bertz CT molecular complexity index is 599. The second-order valence-corrected chi connectivity index (χ2v) is 6.25. The molecule has 21 heavy (non-hydrogen) atoms. The zero-order valence-corrected chi connectivity index (χ0v) is 13.3. The molecule has 0 bridgehead atoms. The van der Waals surface area contributed by atoms with Gasteiger partial charge in [-0.1, -0.05) is 62.4 Å². The molecule has 2 aromatic rings. The van der Waals surface area contributed by atoms with Crippen molar-refractivity contribution in [3.05, 3.63) is 70.8 Å². The third-order valence-electron chi connectivity index (χ3n) is 5.08. The number of nitrogens with one attached hydrogen (secondary N) is 1. The molecule has 0 aromatic heterocycles. The smallest absolute Gasteiger partial charge is 0.0390 e. The van der Waals surface area contributed by atoms with Crippen LogP contribution in [-0.2, 0) is 6.42 Å². The molecule has 2 aromatic carbocycles. The molecule has 0 aliphatic heterocycles. The van der Waals surface area contributed by atoms with Crippen molar-refractivity contribution in [2.75, 3.05) is 7.05 Å². The van der Waals surface area contributed by atoms with Gasteiger partial charge in [0, 0.05) is 12.0 Å². The molecule has 0 heterocycles. The molecular weight excluding hydrogens is 254 g/mol. The highest BCUT2D eigenvalue weighted by Gasteiger charge is 2.32. The fourth-order valence-electron chi connectivity index (χ4n) is 3.46. The van der Waals surface area contributed by atoms with Crippen molar-refractivity contribution in [2.24, 2.45) is 0 Å². The second kappa shape index (κ2) is 6.03. The standard InChI is InChI=1S/C20H25N/c1-4-14(2)15-9-11-16(12-10-15)20(21-3)19-13-17-7-5-6-8-18(17)19/h5-12,14,19-21H,4,13H2,1-3H3. The predicted molar refractivity (Wildman–Crippen MR) is 89.8 cm³/mol. The van der Waals surface area contributed by atoms with Gasteiger partial charge in [0.2, 0.25) is 0 Å². The van der Waals surface area contributed by atoms with Crippen LogP contribution in [0.1, 0.15) is 60.4 Å². The van der Waals surface area contributed by atoms with E-state index in [9.17, 15) is 0 Å². The van der Waals surface area contributed by atoms with Crippen LogP contribution < -0.4 is 5.32 Å². The van der Waals surface area contributed by atoms with Crippen molar-refractivity contribution >= 4 is 0 Å². The van der Waals surface area contributed by atoms with Gasteiger partial charge in [0.05, 0.1) is 0 Å². The van der Waals surface area contributed by atoms with Gasteiger partial charge in [-0.15, -0.1) is 0 Å². The minimum Gasteiger partial charge on any atom is -0.312 e. The summed E-state index contributed by atoms with van der Waals surface area (Å²) in [5.74, 6) is 1.26. The number of hydrogen-bond acceptors (Lipinski definition) is 1. The molecule has 0 spiro atoms. The summed E-state index contributed by atoms with van der Waals surface area (Å²) in [4.78, 5) is 0. The van der Waals surface area contributed by atoms with Crippen LogP contribution in [0.15, 0.2) is 48.5 Å². The molecule has 3 unspecified atom stereocenters. The van der Waals surface area contributed by atoms with Gasteiger partial charge in [0.25, 0.3) is 0 Å². The molecule has 0 radical (unpaired) electrons. The summed E-state index contributed by atoms with van der Waals surface area (Å²) in [7, 11) is 2.08. The Labute approximate surface area is 128 Å². The van der Waals surface area contributed by atoms with Gasteiger partial charge in [-0.2, -0.15) is 0 Å². The average Bonchev–Trinajstić information content (AvgIpc) is 2.52. The number of rotatable bonds is 5. The lowest BCUT2D eigenvalue weighted by Crippen LogP contribution is -2.31. The van der Waals surface area contributed by atoms with Crippen LogP contribution in [-0.4, -0.2) is 7.05 Å². The molecule has 1 heteroatoms. The van der Waals surface area contributed by atoms with Gasteiger partial charge in [-0.3, -0.25) is 0 Å². The first-order valence-electron chi connectivity index (χ1n) is 8.09. The van der Waals surface area contributed by atoms with Crippen LogP contribution in [0, 0.1) is 0 Å². The maximum absolute atomic E-state index is 3.52. The SMILES string of the molecule is CCC(C)c1ccc(C(NC)C2Cc3ccccc32)cc1. The summed E-state index contributed by atoms with van der Waals surface area (Å²) in [6, 6.07) is 18.5. The van der Waals surface area contributed by atoms with E-state index in [1.165, 1.54) is 35.1 Å². The number of fused-ring (bicyclic) bond motifs is 1. The van der Waals surface area contributed by atoms with E-state index in [0.29, 0.717) is 17.9 Å². The summed E-state index contributed by atoms with van der Waals surface area (Å²) in [6.45, 7) is 4.55. The summed E-state index contributed by atoms with van der Waals surface area (Å²) in [5, 5.41) is 3.52. The molecule has 3 atom stereocenters. The second-order valence-electron chi connectivity index (χ2n) is 6.25. The Hall–Kier alpha value is -1.60. The van der Waals surface area contributed by atoms with Crippen LogP contribution in [0.3, 0.4) is 0 Å². The van der Waals surface area contributed by atoms with Crippen molar-refractivity contribution in [1.29, 1.82) is 0 Å². The van der Waals surface area contributed by atoms with Crippen LogP contribution in [0.25, 0.3) is 0 Å². The minimum absolute atomic E-state index is 0.422. The maximum Gasteiger partial charge on any atom is 0.0390 e. The van der Waals surface area contributed by atoms with Crippen LogP contribution in [0.2, 0.25) is 0 Å². The number of likely N-dealkylation sites (N-methyl/N-ethyl adjacent to an activating group) is 1. The fourth-order valence-corrected chi connectivity index (χ4v) is 3.46. The van der Waals surface area contributed by atoms with E-state index in [2.05, 4.69) is 74.7 Å². The molecule has 0 amide bonds. The van der Waals surface area contributed by atoms with E-state index < -0.39 is 0 Å². The van der Waals surface area contributed by atoms with Crippen molar-refractivity contribution < 1.29 is 0 Å². The third-order valence-corrected chi connectivity index (χ3v) is 5.08. The fraction of sp³-hybridized carbons (Fsp3) is 0.400. The Kier molecular flexibility index (Phi) is 4.12. The topological polar surface area (TPSA) is 12.0 Å². The van der Waals surface area contributed by atoms with Gasteiger partial charge >= 0.3 is 0 Å². The highest BCUT2D eigenvalue weighted by molar-refractivity contribution is 5.43. The molecule has 110 valence electrons. The molecule has 3 rings (SSSR count). The van der Waals surface area contributed by atoms with Crippen LogP contribution in [0.4, 0.5) is 0 Å². The first-order chi connectivity index (χ1) is 10.2. The van der Waals surface area contributed by atoms with E-state index in [1.54, 1.807) is 0 Å². The minimum atomic E-state index is 0.422. The van der Waals surface area contributed by atoms with Crippen molar-refractivity contribution in [2.45, 2.75) is 44.6 Å².